The molecule has 2 aliphatic rings. The van der Waals surface area contributed by atoms with Crippen molar-refractivity contribution >= 4 is 24.8 Å². The van der Waals surface area contributed by atoms with Gasteiger partial charge >= 0.3 is 0 Å². The maximum atomic E-state index is 10.3. The summed E-state index contributed by atoms with van der Waals surface area (Å²) >= 11 is 0. The lowest BCUT2D eigenvalue weighted by atomic mass is 9.97. The van der Waals surface area contributed by atoms with Gasteiger partial charge in [-0.3, -0.25) is 4.90 Å². The van der Waals surface area contributed by atoms with E-state index in [4.69, 9.17) is 4.74 Å². The summed E-state index contributed by atoms with van der Waals surface area (Å²) in [4.78, 5) is 2.50. The first-order valence-corrected chi connectivity index (χ1v) is 7.59. The van der Waals surface area contributed by atoms with Crippen LogP contribution >= 0.6 is 24.8 Å². The lowest BCUT2D eigenvalue weighted by molar-refractivity contribution is 0.158. The molecule has 1 atom stereocenters. The highest BCUT2D eigenvalue weighted by atomic mass is 35.5. The molecule has 1 heterocycles. The first-order chi connectivity index (χ1) is 9.78. The number of phenols is 1. The van der Waals surface area contributed by atoms with Gasteiger partial charge in [0.05, 0.1) is 7.11 Å². The van der Waals surface area contributed by atoms with E-state index in [0.29, 0.717) is 11.8 Å². The van der Waals surface area contributed by atoms with Gasteiger partial charge in [-0.25, -0.2) is 0 Å². The highest BCUT2D eigenvalue weighted by Crippen LogP contribution is 2.43. The summed E-state index contributed by atoms with van der Waals surface area (Å²) in [7, 11) is 1.68. The second-order valence-corrected chi connectivity index (χ2v) is 5.91. The number of phenolic OH excluding ortho intramolecular Hbond substituents is 1. The molecule has 22 heavy (non-hydrogen) atoms. The number of nitrogens with zero attached hydrogens (tertiary/aromatic N) is 1. The number of rotatable bonds is 5. The van der Waals surface area contributed by atoms with Crippen LogP contribution in [-0.4, -0.2) is 43.3 Å². The van der Waals surface area contributed by atoms with Gasteiger partial charge < -0.3 is 15.2 Å². The molecule has 0 bridgehead atoms. The standard InChI is InChI=1S/C16H24N2O2.2ClH/c1-20-13-4-5-16(19)14(11-13)15(10-12-2-3-12)18-8-6-17-7-9-18;;/h4-5,11-12,15,17,19H,2-3,6-10H2,1H3;2*1H/t15-;;/m0../s1. The van der Waals surface area contributed by atoms with Crippen LogP contribution in [0.1, 0.15) is 30.9 Å². The van der Waals surface area contributed by atoms with E-state index in [1.54, 1.807) is 13.2 Å². The third-order valence-electron chi connectivity index (χ3n) is 4.44. The second-order valence-electron chi connectivity index (χ2n) is 5.91. The topological polar surface area (TPSA) is 44.7 Å². The number of methoxy groups -OCH3 is 1. The van der Waals surface area contributed by atoms with Crippen molar-refractivity contribution in [1.82, 2.24) is 10.2 Å². The van der Waals surface area contributed by atoms with Gasteiger partial charge in [0.15, 0.2) is 0 Å². The molecule has 1 aromatic rings. The van der Waals surface area contributed by atoms with Gasteiger partial charge in [0.1, 0.15) is 11.5 Å². The zero-order chi connectivity index (χ0) is 13.9. The number of piperazine rings is 1. The maximum absolute atomic E-state index is 10.3. The Labute approximate surface area is 145 Å². The van der Waals surface area contributed by atoms with Gasteiger partial charge in [0, 0.05) is 37.8 Å². The van der Waals surface area contributed by atoms with Crippen LogP contribution in [0, 0.1) is 5.92 Å². The van der Waals surface area contributed by atoms with Crippen molar-refractivity contribution in [3.63, 3.8) is 0 Å². The fourth-order valence-electron chi connectivity index (χ4n) is 3.06. The van der Waals surface area contributed by atoms with E-state index in [0.717, 1.165) is 49.8 Å². The van der Waals surface area contributed by atoms with Crippen molar-refractivity contribution in [2.24, 2.45) is 5.92 Å². The SMILES string of the molecule is COc1ccc(O)c([C@H](CC2CC2)N2CCNCC2)c1.Cl.Cl. The Hall–Kier alpha value is -0.680. The van der Waals surface area contributed by atoms with Crippen molar-refractivity contribution in [1.29, 1.82) is 0 Å². The molecular weight excluding hydrogens is 323 g/mol. The molecule has 0 aromatic heterocycles. The summed E-state index contributed by atoms with van der Waals surface area (Å²) in [6.45, 7) is 4.17. The average Bonchev–Trinajstić information content (AvgIpc) is 3.31. The predicted octanol–water partition coefficient (Wildman–Crippen LogP) is 2.99. The number of aromatic hydroxyl groups is 1. The fraction of sp³-hybridized carbons (Fsp3) is 0.625. The lowest BCUT2D eigenvalue weighted by Crippen LogP contribution is -2.45. The van der Waals surface area contributed by atoms with Gasteiger partial charge in [-0.05, 0) is 30.5 Å². The molecule has 3 rings (SSSR count). The molecular formula is C16H26Cl2N2O2. The van der Waals surface area contributed by atoms with Gasteiger partial charge in [-0.1, -0.05) is 12.8 Å². The lowest BCUT2D eigenvalue weighted by Gasteiger charge is -2.35. The van der Waals surface area contributed by atoms with Crippen molar-refractivity contribution in [3.8, 4) is 11.5 Å². The number of benzene rings is 1. The van der Waals surface area contributed by atoms with E-state index >= 15 is 0 Å². The van der Waals surface area contributed by atoms with E-state index < -0.39 is 0 Å². The Morgan fingerprint density at radius 3 is 2.55 bits per heavy atom. The summed E-state index contributed by atoms with van der Waals surface area (Å²) in [5, 5.41) is 13.7. The minimum atomic E-state index is 0. The van der Waals surface area contributed by atoms with Gasteiger partial charge in [-0.15, -0.1) is 24.8 Å². The minimum absolute atomic E-state index is 0. The largest absolute Gasteiger partial charge is 0.508 e. The normalized spacial score (nSPS) is 19.7. The van der Waals surface area contributed by atoms with E-state index in [2.05, 4.69) is 10.2 Å². The van der Waals surface area contributed by atoms with Gasteiger partial charge in [0.25, 0.3) is 0 Å². The highest BCUT2D eigenvalue weighted by molar-refractivity contribution is 5.85. The average molecular weight is 349 g/mol. The monoisotopic (exact) mass is 348 g/mol. The zero-order valence-corrected chi connectivity index (χ0v) is 14.6. The van der Waals surface area contributed by atoms with E-state index in [9.17, 15) is 5.11 Å². The molecule has 1 saturated heterocycles. The van der Waals surface area contributed by atoms with Crippen LogP contribution in [0.15, 0.2) is 18.2 Å². The number of hydrogen-bond donors (Lipinski definition) is 2. The molecule has 4 nitrogen and oxygen atoms in total. The Morgan fingerprint density at radius 2 is 1.95 bits per heavy atom. The number of ether oxygens (including phenoxy) is 1. The number of hydrogen-bond acceptors (Lipinski definition) is 4. The molecule has 2 N–H and O–H groups in total. The third-order valence-corrected chi connectivity index (χ3v) is 4.44. The van der Waals surface area contributed by atoms with Crippen LogP contribution in [0.4, 0.5) is 0 Å². The molecule has 0 radical (unpaired) electrons. The first kappa shape index (κ1) is 19.4. The molecule has 6 heteroatoms. The van der Waals surface area contributed by atoms with Crippen LogP contribution < -0.4 is 10.1 Å². The summed E-state index contributed by atoms with van der Waals surface area (Å²) in [6.07, 6.45) is 3.83. The van der Waals surface area contributed by atoms with Crippen LogP contribution in [0.3, 0.4) is 0 Å². The molecule has 2 fully saturated rings. The van der Waals surface area contributed by atoms with E-state index in [-0.39, 0.29) is 24.8 Å². The van der Waals surface area contributed by atoms with Crippen molar-refractivity contribution in [2.45, 2.75) is 25.3 Å². The third kappa shape index (κ3) is 4.66. The summed E-state index contributed by atoms with van der Waals surface area (Å²) in [5.74, 6) is 2.06. The predicted molar refractivity (Wildman–Crippen MR) is 93.7 cm³/mol. The van der Waals surface area contributed by atoms with Gasteiger partial charge in [0.2, 0.25) is 0 Å². The quantitative estimate of drug-likeness (QED) is 0.858. The Bertz CT molecular complexity index is 463. The highest BCUT2D eigenvalue weighted by Gasteiger charge is 2.31. The second kappa shape index (κ2) is 8.82. The Morgan fingerprint density at radius 1 is 1.27 bits per heavy atom. The fourth-order valence-corrected chi connectivity index (χ4v) is 3.06. The molecule has 1 aromatic carbocycles. The van der Waals surface area contributed by atoms with Crippen LogP contribution in [0.5, 0.6) is 11.5 Å². The van der Waals surface area contributed by atoms with Gasteiger partial charge in [-0.2, -0.15) is 0 Å². The molecule has 1 aliphatic heterocycles. The van der Waals surface area contributed by atoms with Crippen LogP contribution in [0.25, 0.3) is 0 Å². The Balaban J connectivity index is 0.00000121. The number of nitrogens with one attached hydrogen (secondary N) is 1. The first-order valence-electron chi connectivity index (χ1n) is 7.59. The molecule has 1 aliphatic carbocycles. The van der Waals surface area contributed by atoms with E-state index in [1.807, 2.05) is 12.1 Å². The summed E-state index contributed by atoms with van der Waals surface area (Å²) in [6, 6.07) is 5.91. The summed E-state index contributed by atoms with van der Waals surface area (Å²) in [5.41, 5.74) is 1.03. The maximum Gasteiger partial charge on any atom is 0.120 e. The van der Waals surface area contributed by atoms with Crippen LogP contribution in [-0.2, 0) is 0 Å². The van der Waals surface area contributed by atoms with Crippen molar-refractivity contribution in [3.05, 3.63) is 23.8 Å². The Kier molecular flexibility index (Phi) is 7.77. The zero-order valence-electron chi connectivity index (χ0n) is 13.0. The molecule has 1 saturated carbocycles. The molecule has 0 spiro atoms. The molecule has 126 valence electrons. The molecule has 0 unspecified atom stereocenters. The smallest absolute Gasteiger partial charge is 0.120 e. The minimum Gasteiger partial charge on any atom is -0.508 e. The van der Waals surface area contributed by atoms with Crippen molar-refractivity contribution < 1.29 is 9.84 Å². The van der Waals surface area contributed by atoms with E-state index in [1.165, 1.54) is 12.8 Å². The summed E-state index contributed by atoms with van der Waals surface area (Å²) < 4.78 is 5.33. The van der Waals surface area contributed by atoms with Crippen LogP contribution in [0.2, 0.25) is 0 Å². The number of halogens is 2. The van der Waals surface area contributed by atoms with Crippen molar-refractivity contribution in [2.75, 3.05) is 33.3 Å². The molecule has 0 amide bonds.